The van der Waals surface area contributed by atoms with Crippen LogP contribution in [0.4, 0.5) is 13.2 Å². The molecule has 1 aromatic heterocycles. The number of benzene rings is 2. The molecule has 0 unspecified atom stereocenters. The molecular formula is C19H11BrF3NO2. The first kappa shape index (κ1) is 18.1. The summed E-state index contributed by atoms with van der Waals surface area (Å²) in [6.07, 6.45) is -1.82. The van der Waals surface area contributed by atoms with Crippen LogP contribution in [-0.2, 0) is 6.18 Å². The van der Waals surface area contributed by atoms with Crippen molar-refractivity contribution in [2.75, 3.05) is 0 Å². The third-order valence-electron chi connectivity index (χ3n) is 3.72. The van der Waals surface area contributed by atoms with Crippen LogP contribution >= 0.6 is 15.9 Å². The van der Waals surface area contributed by atoms with Crippen molar-refractivity contribution in [2.45, 2.75) is 6.18 Å². The Morgan fingerprint density at radius 2 is 1.81 bits per heavy atom. The Morgan fingerprint density at radius 3 is 2.50 bits per heavy atom. The highest BCUT2D eigenvalue weighted by Crippen LogP contribution is 2.32. The van der Waals surface area contributed by atoms with Gasteiger partial charge in [0.15, 0.2) is 0 Å². The second-order valence-electron chi connectivity index (χ2n) is 5.48. The first-order valence-corrected chi connectivity index (χ1v) is 8.23. The van der Waals surface area contributed by atoms with Gasteiger partial charge in [0, 0.05) is 9.86 Å². The Hall–Kier alpha value is -2.67. The standard InChI is InChI=1S/C19H11BrF3NO2/c20-12-6-8-17-14(9-12)15(18(25)26)10-13(24-17)7-5-11-3-1-2-4-16(11)19(21,22)23/h1-10H,(H,25,26)/b7-5+. The molecule has 0 aliphatic heterocycles. The number of pyridine rings is 1. The largest absolute Gasteiger partial charge is 0.478 e. The van der Waals surface area contributed by atoms with E-state index in [-0.39, 0.29) is 16.8 Å². The Labute approximate surface area is 154 Å². The number of carbonyl (C=O) groups is 1. The van der Waals surface area contributed by atoms with E-state index >= 15 is 0 Å². The van der Waals surface area contributed by atoms with Crippen molar-refractivity contribution in [3.8, 4) is 0 Å². The summed E-state index contributed by atoms with van der Waals surface area (Å²) in [6, 6.07) is 11.5. The van der Waals surface area contributed by atoms with Gasteiger partial charge in [-0.2, -0.15) is 13.2 Å². The first-order valence-electron chi connectivity index (χ1n) is 7.43. The molecule has 0 saturated carbocycles. The Balaban J connectivity index is 2.09. The summed E-state index contributed by atoms with van der Waals surface area (Å²) in [5, 5.41) is 9.86. The van der Waals surface area contributed by atoms with Crippen molar-refractivity contribution in [1.29, 1.82) is 0 Å². The number of aromatic carboxylic acids is 1. The van der Waals surface area contributed by atoms with Gasteiger partial charge < -0.3 is 5.11 Å². The van der Waals surface area contributed by atoms with E-state index in [1.807, 2.05) is 0 Å². The first-order chi connectivity index (χ1) is 12.3. The van der Waals surface area contributed by atoms with E-state index in [4.69, 9.17) is 0 Å². The molecule has 26 heavy (non-hydrogen) atoms. The molecule has 3 aromatic rings. The fraction of sp³-hybridized carbons (Fsp3) is 0.0526. The molecule has 0 aliphatic rings. The predicted molar refractivity (Wildman–Crippen MR) is 96.8 cm³/mol. The van der Waals surface area contributed by atoms with Crippen LogP contribution in [0.5, 0.6) is 0 Å². The summed E-state index contributed by atoms with van der Waals surface area (Å²) in [5.74, 6) is -1.14. The number of alkyl halides is 3. The predicted octanol–water partition coefficient (Wildman–Crippen LogP) is 5.88. The van der Waals surface area contributed by atoms with E-state index in [1.165, 1.54) is 36.4 Å². The van der Waals surface area contributed by atoms with Crippen LogP contribution in [0.1, 0.15) is 27.2 Å². The van der Waals surface area contributed by atoms with Crippen LogP contribution < -0.4 is 0 Å². The molecule has 7 heteroatoms. The van der Waals surface area contributed by atoms with Gasteiger partial charge in [0.05, 0.1) is 22.3 Å². The van der Waals surface area contributed by atoms with Crippen LogP contribution in [0, 0.1) is 0 Å². The molecule has 0 spiro atoms. The lowest BCUT2D eigenvalue weighted by molar-refractivity contribution is -0.137. The summed E-state index contributed by atoms with van der Waals surface area (Å²) < 4.78 is 39.9. The average molecular weight is 422 g/mol. The molecule has 1 N–H and O–H groups in total. The molecule has 2 aromatic carbocycles. The Morgan fingerprint density at radius 1 is 1.08 bits per heavy atom. The van der Waals surface area contributed by atoms with Gasteiger partial charge in [-0.1, -0.05) is 40.2 Å². The van der Waals surface area contributed by atoms with Crippen molar-refractivity contribution < 1.29 is 23.1 Å². The van der Waals surface area contributed by atoms with Gasteiger partial charge in [0.25, 0.3) is 0 Å². The minimum atomic E-state index is -4.48. The topological polar surface area (TPSA) is 50.2 Å². The molecule has 3 rings (SSSR count). The van der Waals surface area contributed by atoms with Crippen molar-refractivity contribution in [3.05, 3.63) is 75.4 Å². The quantitative estimate of drug-likeness (QED) is 0.573. The maximum absolute atomic E-state index is 13.1. The van der Waals surface area contributed by atoms with E-state index in [9.17, 15) is 23.1 Å². The highest BCUT2D eigenvalue weighted by Gasteiger charge is 2.32. The summed E-state index contributed by atoms with van der Waals surface area (Å²) in [4.78, 5) is 15.8. The number of aromatic nitrogens is 1. The van der Waals surface area contributed by atoms with E-state index in [2.05, 4.69) is 20.9 Å². The zero-order valence-electron chi connectivity index (χ0n) is 13.1. The summed E-state index contributed by atoms with van der Waals surface area (Å²) >= 11 is 3.28. The lowest BCUT2D eigenvalue weighted by Gasteiger charge is -2.09. The van der Waals surface area contributed by atoms with Crippen molar-refractivity contribution in [3.63, 3.8) is 0 Å². The van der Waals surface area contributed by atoms with E-state index < -0.39 is 17.7 Å². The van der Waals surface area contributed by atoms with Gasteiger partial charge in [0.1, 0.15) is 0 Å². The number of hydrogen-bond acceptors (Lipinski definition) is 2. The number of carboxylic acids is 1. The minimum Gasteiger partial charge on any atom is -0.478 e. The molecule has 0 fully saturated rings. The monoisotopic (exact) mass is 421 g/mol. The Kier molecular flexibility index (Phi) is 4.82. The van der Waals surface area contributed by atoms with Crippen LogP contribution in [0.25, 0.3) is 23.1 Å². The van der Waals surface area contributed by atoms with Gasteiger partial charge in [0.2, 0.25) is 0 Å². The van der Waals surface area contributed by atoms with Crippen LogP contribution in [0.15, 0.2) is 53.0 Å². The fourth-order valence-corrected chi connectivity index (χ4v) is 2.92. The third kappa shape index (κ3) is 3.77. The molecule has 0 aliphatic carbocycles. The molecular weight excluding hydrogens is 411 g/mol. The summed E-state index contributed by atoms with van der Waals surface area (Å²) in [6.45, 7) is 0. The number of rotatable bonds is 3. The number of carboxylic acid groups (broad SMARTS) is 1. The molecule has 0 atom stereocenters. The van der Waals surface area contributed by atoms with Gasteiger partial charge in [-0.3, -0.25) is 0 Å². The SMILES string of the molecule is O=C(O)c1cc(/C=C/c2ccccc2C(F)(F)F)nc2ccc(Br)cc12. The second-order valence-corrected chi connectivity index (χ2v) is 6.40. The van der Waals surface area contributed by atoms with Gasteiger partial charge >= 0.3 is 12.1 Å². The highest BCUT2D eigenvalue weighted by molar-refractivity contribution is 9.10. The second kappa shape index (κ2) is 6.92. The molecule has 0 saturated heterocycles. The van der Waals surface area contributed by atoms with Crippen LogP contribution in [-0.4, -0.2) is 16.1 Å². The highest BCUT2D eigenvalue weighted by atomic mass is 79.9. The average Bonchev–Trinajstić information content (AvgIpc) is 2.58. The normalized spacial score (nSPS) is 12.0. The lowest BCUT2D eigenvalue weighted by atomic mass is 10.0. The number of fused-ring (bicyclic) bond motifs is 1. The maximum Gasteiger partial charge on any atom is 0.416 e. The van der Waals surface area contributed by atoms with Gasteiger partial charge in [-0.15, -0.1) is 0 Å². The molecule has 0 radical (unpaired) electrons. The molecule has 0 bridgehead atoms. The smallest absolute Gasteiger partial charge is 0.416 e. The van der Waals surface area contributed by atoms with Crippen LogP contribution in [0.2, 0.25) is 0 Å². The van der Waals surface area contributed by atoms with Gasteiger partial charge in [-0.05, 0) is 42.0 Å². The lowest BCUT2D eigenvalue weighted by Crippen LogP contribution is -2.06. The van der Waals surface area contributed by atoms with E-state index in [0.717, 1.165) is 6.07 Å². The van der Waals surface area contributed by atoms with Crippen molar-refractivity contribution in [2.24, 2.45) is 0 Å². The zero-order valence-corrected chi connectivity index (χ0v) is 14.7. The number of halogens is 4. The molecule has 1 heterocycles. The number of nitrogens with zero attached hydrogens (tertiary/aromatic N) is 1. The molecule has 132 valence electrons. The van der Waals surface area contributed by atoms with E-state index in [1.54, 1.807) is 18.2 Å². The van der Waals surface area contributed by atoms with Gasteiger partial charge in [-0.25, -0.2) is 9.78 Å². The number of hydrogen-bond donors (Lipinski definition) is 1. The maximum atomic E-state index is 13.1. The fourth-order valence-electron chi connectivity index (χ4n) is 2.56. The molecule has 3 nitrogen and oxygen atoms in total. The summed E-state index contributed by atoms with van der Waals surface area (Å²) in [5.41, 5.74) is -0.0554. The van der Waals surface area contributed by atoms with E-state index in [0.29, 0.717) is 15.4 Å². The zero-order chi connectivity index (χ0) is 18.9. The minimum absolute atomic E-state index is 0.0189. The van der Waals surface area contributed by atoms with Crippen molar-refractivity contribution >= 4 is 45.0 Å². The Bertz CT molecular complexity index is 1030. The van der Waals surface area contributed by atoms with Crippen LogP contribution in [0.3, 0.4) is 0 Å². The third-order valence-corrected chi connectivity index (χ3v) is 4.21. The summed E-state index contributed by atoms with van der Waals surface area (Å²) in [7, 11) is 0. The molecule has 0 amide bonds. The van der Waals surface area contributed by atoms with Crippen molar-refractivity contribution in [1.82, 2.24) is 4.98 Å².